The van der Waals surface area contributed by atoms with Crippen LogP contribution >= 0.6 is 0 Å². The molecule has 0 aliphatic carbocycles. The van der Waals surface area contributed by atoms with Crippen LogP contribution in [0.5, 0.6) is 17.2 Å². The number of aliphatic hydroxyl groups is 2. The second kappa shape index (κ2) is 9.10. The minimum absolute atomic E-state index is 0.109. The molecule has 25 heavy (non-hydrogen) atoms. The fourth-order valence-corrected chi connectivity index (χ4v) is 2.09. The summed E-state index contributed by atoms with van der Waals surface area (Å²) in [5.74, 6) is -0.256. The van der Waals surface area contributed by atoms with Crippen LogP contribution in [0.2, 0.25) is 0 Å². The van der Waals surface area contributed by atoms with Crippen molar-refractivity contribution in [3.63, 3.8) is 0 Å². The van der Waals surface area contributed by atoms with E-state index in [9.17, 15) is 15.0 Å². The Kier molecular flexibility index (Phi) is 6.85. The highest BCUT2D eigenvalue weighted by Crippen LogP contribution is 2.33. The molecule has 3 N–H and O–H groups in total. The Bertz CT molecular complexity index is 779. The Balaban J connectivity index is 2.21. The molecule has 0 amide bonds. The number of hydrogen-bond donors (Lipinski definition) is 3. The van der Waals surface area contributed by atoms with Crippen molar-refractivity contribution < 1.29 is 29.2 Å². The Morgan fingerprint density at radius 1 is 1.36 bits per heavy atom. The summed E-state index contributed by atoms with van der Waals surface area (Å²) in [7, 11) is 0. The third kappa shape index (κ3) is 4.98. The van der Waals surface area contributed by atoms with Gasteiger partial charge >= 0.3 is 5.63 Å². The first-order valence-electron chi connectivity index (χ1n) is 8.10. The zero-order valence-electron chi connectivity index (χ0n) is 14.0. The largest absolute Gasteiger partial charge is 0.504 e. The molecule has 7 heteroatoms. The summed E-state index contributed by atoms with van der Waals surface area (Å²) in [4.78, 5) is 12.0. The third-order valence-electron chi connectivity index (χ3n) is 3.47. The number of aliphatic hydroxyl groups excluding tert-OH is 2. The van der Waals surface area contributed by atoms with Gasteiger partial charge in [0.2, 0.25) is 0 Å². The Morgan fingerprint density at radius 3 is 2.88 bits per heavy atom. The summed E-state index contributed by atoms with van der Waals surface area (Å²) in [6.45, 7) is 1.54. The van der Waals surface area contributed by atoms with E-state index >= 15 is 0 Å². The van der Waals surface area contributed by atoms with E-state index in [0.29, 0.717) is 11.1 Å². The molecule has 0 aliphatic heterocycles. The zero-order valence-corrected chi connectivity index (χ0v) is 14.0. The lowest BCUT2D eigenvalue weighted by atomic mass is 10.2. The predicted octanol–water partition coefficient (Wildman–Crippen LogP) is 2.31. The van der Waals surface area contributed by atoms with Gasteiger partial charge in [0.05, 0.1) is 18.3 Å². The molecule has 1 heterocycles. The fourth-order valence-electron chi connectivity index (χ4n) is 2.09. The molecular formula is C18H22O7. The van der Waals surface area contributed by atoms with Crippen LogP contribution in [-0.4, -0.2) is 34.6 Å². The minimum Gasteiger partial charge on any atom is -0.504 e. The molecule has 1 atom stereocenters. The minimum atomic E-state index is -1.01. The number of ether oxygens (including phenoxy) is 2. The molecule has 2 rings (SSSR count). The first kappa shape index (κ1) is 18.8. The van der Waals surface area contributed by atoms with Crippen LogP contribution in [0.15, 0.2) is 39.7 Å². The van der Waals surface area contributed by atoms with Crippen molar-refractivity contribution in [1.29, 1.82) is 0 Å². The van der Waals surface area contributed by atoms with Crippen molar-refractivity contribution in [2.24, 2.45) is 0 Å². The average molecular weight is 350 g/mol. The molecule has 1 aromatic heterocycles. The van der Waals surface area contributed by atoms with Gasteiger partial charge in [0.15, 0.2) is 5.75 Å². The van der Waals surface area contributed by atoms with E-state index in [1.165, 1.54) is 18.4 Å². The van der Waals surface area contributed by atoms with Gasteiger partial charge in [-0.2, -0.15) is 0 Å². The highest BCUT2D eigenvalue weighted by atomic mass is 16.5. The van der Waals surface area contributed by atoms with E-state index in [0.717, 1.165) is 19.3 Å². The van der Waals surface area contributed by atoms with Crippen LogP contribution in [0.3, 0.4) is 0 Å². The van der Waals surface area contributed by atoms with Crippen molar-refractivity contribution in [3.8, 4) is 17.2 Å². The normalized spacial score (nSPS) is 12.6. The molecular weight excluding hydrogens is 328 g/mol. The molecule has 0 aliphatic rings. The topological polar surface area (TPSA) is 109 Å². The quantitative estimate of drug-likeness (QED) is 0.362. The molecule has 0 saturated carbocycles. The van der Waals surface area contributed by atoms with Gasteiger partial charge < -0.3 is 29.2 Å². The molecule has 0 fully saturated rings. The standard InChI is InChI=1S/C18H22O7/c1-2-3-4-5-8-23-17-16(21)14-7-6-13(24-11-12(20)10-19)9-15(14)25-18(17)22/h5-9,12,19-21H,2-4,10-11H2,1H3/b8-5+. The first-order valence-corrected chi connectivity index (χ1v) is 8.10. The summed E-state index contributed by atoms with van der Waals surface area (Å²) in [5, 5.41) is 28.6. The monoisotopic (exact) mass is 350 g/mol. The molecule has 2 aromatic rings. The van der Waals surface area contributed by atoms with Crippen LogP contribution in [0.25, 0.3) is 11.0 Å². The maximum atomic E-state index is 12.0. The van der Waals surface area contributed by atoms with Crippen LogP contribution in [-0.2, 0) is 0 Å². The number of unbranched alkanes of at least 4 members (excludes halogenated alkanes) is 2. The zero-order chi connectivity index (χ0) is 18.2. The van der Waals surface area contributed by atoms with E-state index in [4.69, 9.17) is 19.0 Å². The van der Waals surface area contributed by atoms with Gasteiger partial charge in [0.25, 0.3) is 5.75 Å². The molecule has 1 unspecified atom stereocenters. The Hall–Kier alpha value is -2.51. The molecule has 0 saturated heterocycles. The second-order valence-electron chi connectivity index (χ2n) is 5.50. The SMILES string of the molecule is CCCC/C=C/Oc1c(O)c2ccc(OCC(O)CO)cc2oc1=O. The molecule has 136 valence electrons. The number of fused-ring (bicyclic) bond motifs is 1. The Morgan fingerprint density at radius 2 is 2.16 bits per heavy atom. The number of hydrogen-bond acceptors (Lipinski definition) is 7. The molecule has 0 spiro atoms. The number of allylic oxidation sites excluding steroid dienone is 1. The number of aromatic hydroxyl groups is 1. The number of benzene rings is 1. The van der Waals surface area contributed by atoms with Crippen LogP contribution in [0, 0.1) is 0 Å². The lowest BCUT2D eigenvalue weighted by Gasteiger charge is -2.11. The van der Waals surface area contributed by atoms with Crippen LogP contribution < -0.4 is 15.1 Å². The van der Waals surface area contributed by atoms with Crippen molar-refractivity contribution in [2.45, 2.75) is 32.3 Å². The lowest BCUT2D eigenvalue weighted by molar-refractivity contribution is 0.0536. The van der Waals surface area contributed by atoms with Crippen molar-refractivity contribution in [1.82, 2.24) is 0 Å². The summed E-state index contributed by atoms with van der Waals surface area (Å²) in [6, 6.07) is 4.48. The molecule has 7 nitrogen and oxygen atoms in total. The van der Waals surface area contributed by atoms with Gasteiger partial charge in [-0.15, -0.1) is 0 Å². The van der Waals surface area contributed by atoms with Crippen LogP contribution in [0.4, 0.5) is 0 Å². The van der Waals surface area contributed by atoms with Gasteiger partial charge in [-0.05, 0) is 31.1 Å². The number of rotatable bonds is 9. The second-order valence-corrected chi connectivity index (χ2v) is 5.50. The van der Waals surface area contributed by atoms with Crippen molar-refractivity contribution in [3.05, 3.63) is 41.0 Å². The lowest BCUT2D eigenvalue weighted by Crippen LogP contribution is -2.21. The fraction of sp³-hybridized carbons (Fsp3) is 0.389. The van der Waals surface area contributed by atoms with Gasteiger partial charge in [0, 0.05) is 6.07 Å². The van der Waals surface area contributed by atoms with Crippen LogP contribution in [0.1, 0.15) is 26.2 Å². The highest BCUT2D eigenvalue weighted by molar-refractivity contribution is 5.86. The highest BCUT2D eigenvalue weighted by Gasteiger charge is 2.15. The molecule has 0 bridgehead atoms. The summed E-state index contributed by atoms with van der Waals surface area (Å²) >= 11 is 0. The summed E-state index contributed by atoms with van der Waals surface area (Å²) in [5.41, 5.74) is -0.682. The van der Waals surface area contributed by atoms with E-state index in [-0.39, 0.29) is 23.7 Å². The van der Waals surface area contributed by atoms with Gasteiger partial charge in [-0.3, -0.25) is 0 Å². The van der Waals surface area contributed by atoms with E-state index in [1.807, 2.05) is 0 Å². The molecule has 1 aromatic carbocycles. The summed E-state index contributed by atoms with van der Waals surface area (Å²) in [6.07, 6.45) is 5.00. The van der Waals surface area contributed by atoms with Crippen molar-refractivity contribution in [2.75, 3.05) is 13.2 Å². The predicted molar refractivity (Wildman–Crippen MR) is 92.0 cm³/mol. The summed E-state index contributed by atoms with van der Waals surface area (Å²) < 4.78 is 15.7. The average Bonchev–Trinajstić information content (AvgIpc) is 2.61. The maximum Gasteiger partial charge on any atom is 0.383 e. The maximum absolute atomic E-state index is 12.0. The van der Waals surface area contributed by atoms with Crippen molar-refractivity contribution >= 4 is 11.0 Å². The van der Waals surface area contributed by atoms with Gasteiger partial charge in [0.1, 0.15) is 24.0 Å². The molecule has 0 radical (unpaired) electrons. The van der Waals surface area contributed by atoms with E-state index in [1.54, 1.807) is 12.1 Å². The van der Waals surface area contributed by atoms with E-state index in [2.05, 4.69) is 6.92 Å². The van der Waals surface area contributed by atoms with E-state index < -0.39 is 18.3 Å². The Labute approximate surface area is 144 Å². The first-order chi connectivity index (χ1) is 12.1. The third-order valence-corrected chi connectivity index (χ3v) is 3.47. The van der Waals surface area contributed by atoms with Gasteiger partial charge in [-0.1, -0.05) is 13.3 Å². The van der Waals surface area contributed by atoms with Gasteiger partial charge in [-0.25, -0.2) is 4.79 Å². The smallest absolute Gasteiger partial charge is 0.383 e.